The fourth-order valence-electron chi connectivity index (χ4n) is 2.33. The maximum absolute atomic E-state index is 12.3. The van der Waals surface area contributed by atoms with Crippen LogP contribution in [0, 0.1) is 0 Å². The largest absolute Gasteiger partial charge is 0.493 e. The van der Waals surface area contributed by atoms with Crippen LogP contribution < -0.4 is 25.1 Å². The molecule has 0 heterocycles. The fraction of sp³-hybridized carbons (Fsp3) is 0.167. The first-order chi connectivity index (χ1) is 12.9. The van der Waals surface area contributed by atoms with Crippen LogP contribution in [0.15, 0.2) is 36.4 Å². The van der Waals surface area contributed by atoms with Crippen LogP contribution in [0.3, 0.4) is 0 Å². The summed E-state index contributed by atoms with van der Waals surface area (Å²) in [6, 6.07) is 8.46. The molecule has 0 bridgehead atoms. The first-order valence-corrected chi connectivity index (χ1v) is 7.66. The van der Waals surface area contributed by atoms with Crippen LogP contribution in [0.1, 0.15) is 31.1 Å². The van der Waals surface area contributed by atoms with Gasteiger partial charge in [-0.2, -0.15) is 0 Å². The van der Waals surface area contributed by atoms with Crippen molar-refractivity contribution >= 4 is 17.8 Å². The highest BCUT2D eigenvalue weighted by atomic mass is 16.5. The van der Waals surface area contributed by atoms with E-state index in [4.69, 9.17) is 19.3 Å². The number of amides is 2. The molecule has 3 N–H and O–H groups in total. The lowest BCUT2D eigenvalue weighted by molar-refractivity contribution is 0.0690. The van der Waals surface area contributed by atoms with E-state index >= 15 is 0 Å². The molecule has 2 aromatic carbocycles. The van der Waals surface area contributed by atoms with Crippen molar-refractivity contribution in [2.45, 2.75) is 0 Å². The molecule has 2 rings (SSSR count). The minimum atomic E-state index is -1.25. The summed E-state index contributed by atoms with van der Waals surface area (Å²) in [6.45, 7) is 0. The Balaban J connectivity index is 2.19. The number of benzene rings is 2. The molecule has 0 aromatic heterocycles. The molecule has 0 aliphatic heterocycles. The van der Waals surface area contributed by atoms with E-state index in [0.717, 1.165) is 0 Å². The number of methoxy groups -OCH3 is 3. The zero-order valence-electron chi connectivity index (χ0n) is 14.9. The van der Waals surface area contributed by atoms with Crippen LogP contribution >= 0.6 is 0 Å². The maximum atomic E-state index is 12.3. The quantitative estimate of drug-likeness (QED) is 0.655. The second-order valence-electron chi connectivity index (χ2n) is 5.17. The molecule has 0 fully saturated rings. The van der Waals surface area contributed by atoms with E-state index in [1.807, 2.05) is 0 Å². The summed E-state index contributed by atoms with van der Waals surface area (Å²) in [5.74, 6) is -1.83. The summed E-state index contributed by atoms with van der Waals surface area (Å²) in [5, 5.41) is 9.13. The molecule has 142 valence electrons. The van der Waals surface area contributed by atoms with Gasteiger partial charge in [0.2, 0.25) is 5.75 Å². The molecule has 2 aromatic rings. The zero-order chi connectivity index (χ0) is 20.0. The van der Waals surface area contributed by atoms with Gasteiger partial charge in [0.25, 0.3) is 11.8 Å². The second-order valence-corrected chi connectivity index (χ2v) is 5.17. The highest BCUT2D eigenvalue weighted by molar-refractivity contribution is 6.06. The lowest BCUT2D eigenvalue weighted by Crippen LogP contribution is -2.42. The Morgan fingerprint density at radius 2 is 1.33 bits per heavy atom. The van der Waals surface area contributed by atoms with Crippen molar-refractivity contribution in [3.05, 3.63) is 53.1 Å². The van der Waals surface area contributed by atoms with Crippen molar-refractivity contribution in [2.75, 3.05) is 21.3 Å². The highest BCUT2D eigenvalue weighted by Crippen LogP contribution is 2.38. The van der Waals surface area contributed by atoms with Crippen molar-refractivity contribution in [3.8, 4) is 17.2 Å². The normalized spacial score (nSPS) is 9.89. The number of rotatable bonds is 6. The van der Waals surface area contributed by atoms with Crippen molar-refractivity contribution in [1.82, 2.24) is 10.9 Å². The van der Waals surface area contributed by atoms with Gasteiger partial charge in [0, 0.05) is 5.56 Å². The van der Waals surface area contributed by atoms with Gasteiger partial charge in [-0.3, -0.25) is 20.4 Å². The molecule has 0 aliphatic rings. The average molecular weight is 374 g/mol. The topological polar surface area (TPSA) is 123 Å². The lowest BCUT2D eigenvalue weighted by atomic mass is 10.1. The van der Waals surface area contributed by atoms with E-state index in [9.17, 15) is 14.4 Å². The molecular formula is C18H18N2O7. The molecule has 0 atom stereocenters. The third kappa shape index (κ3) is 4.27. The molecule has 0 aliphatic carbocycles. The van der Waals surface area contributed by atoms with Gasteiger partial charge in [0.1, 0.15) is 0 Å². The van der Waals surface area contributed by atoms with Crippen LogP contribution in [0.4, 0.5) is 0 Å². The minimum absolute atomic E-state index is 0.0878. The van der Waals surface area contributed by atoms with Gasteiger partial charge in [0.15, 0.2) is 11.5 Å². The molecule has 0 saturated carbocycles. The van der Waals surface area contributed by atoms with Crippen molar-refractivity contribution in [3.63, 3.8) is 0 Å². The van der Waals surface area contributed by atoms with Crippen LogP contribution in [0.5, 0.6) is 17.2 Å². The third-order valence-electron chi connectivity index (χ3n) is 3.62. The van der Waals surface area contributed by atoms with E-state index < -0.39 is 17.8 Å². The van der Waals surface area contributed by atoms with Crippen LogP contribution in [-0.2, 0) is 0 Å². The molecular weight excluding hydrogens is 356 g/mol. The molecule has 9 heteroatoms. The van der Waals surface area contributed by atoms with Crippen LogP contribution in [0.25, 0.3) is 0 Å². The number of hydrogen-bond acceptors (Lipinski definition) is 6. The Bertz CT molecular complexity index is 855. The maximum Gasteiger partial charge on any atom is 0.336 e. The van der Waals surface area contributed by atoms with E-state index in [1.54, 1.807) is 0 Å². The molecule has 0 radical (unpaired) electrons. The summed E-state index contributed by atoms with van der Waals surface area (Å²) in [6.07, 6.45) is 0. The predicted molar refractivity (Wildman–Crippen MR) is 94.4 cm³/mol. The lowest BCUT2D eigenvalue weighted by Gasteiger charge is -2.14. The van der Waals surface area contributed by atoms with Crippen molar-refractivity contribution in [2.24, 2.45) is 0 Å². The number of carbonyl (C=O) groups is 3. The van der Waals surface area contributed by atoms with Gasteiger partial charge >= 0.3 is 5.97 Å². The molecule has 0 saturated heterocycles. The van der Waals surface area contributed by atoms with E-state index in [-0.39, 0.29) is 28.2 Å². The summed E-state index contributed by atoms with van der Waals surface area (Å²) in [7, 11) is 4.24. The van der Waals surface area contributed by atoms with Gasteiger partial charge in [0.05, 0.1) is 32.5 Å². The average Bonchev–Trinajstić information content (AvgIpc) is 2.70. The summed E-state index contributed by atoms with van der Waals surface area (Å²) in [4.78, 5) is 35.7. The Hall–Kier alpha value is -3.75. The predicted octanol–water partition coefficient (Wildman–Crippen LogP) is 1.49. The van der Waals surface area contributed by atoms with E-state index in [0.29, 0.717) is 5.75 Å². The second kappa shape index (κ2) is 8.56. The highest BCUT2D eigenvalue weighted by Gasteiger charge is 2.19. The van der Waals surface area contributed by atoms with Gasteiger partial charge in [-0.05, 0) is 24.3 Å². The van der Waals surface area contributed by atoms with Gasteiger partial charge in [-0.15, -0.1) is 0 Å². The summed E-state index contributed by atoms with van der Waals surface area (Å²) < 4.78 is 15.5. The minimum Gasteiger partial charge on any atom is -0.493 e. The monoisotopic (exact) mass is 374 g/mol. The standard InChI is InChI=1S/C18H18N2O7/c1-25-13-8-10(9-14(26-2)15(13)27-3)16(21)19-20-17(22)11-6-4-5-7-12(11)18(23)24/h4-9H,1-3H3,(H,19,21)(H,20,22)(H,23,24). The summed E-state index contributed by atoms with van der Waals surface area (Å²) in [5.41, 5.74) is 4.27. The van der Waals surface area contributed by atoms with Crippen LogP contribution in [0.2, 0.25) is 0 Å². The number of carboxylic acid groups (broad SMARTS) is 1. The molecule has 2 amide bonds. The Labute approximate surface area is 154 Å². The molecule has 0 unspecified atom stereocenters. The van der Waals surface area contributed by atoms with E-state index in [2.05, 4.69) is 10.9 Å². The number of nitrogens with one attached hydrogen (secondary N) is 2. The van der Waals surface area contributed by atoms with Crippen molar-refractivity contribution < 1.29 is 33.7 Å². The number of carbonyl (C=O) groups excluding carboxylic acids is 2. The summed E-state index contributed by atoms with van der Waals surface area (Å²) >= 11 is 0. The Morgan fingerprint density at radius 3 is 1.81 bits per heavy atom. The van der Waals surface area contributed by atoms with Crippen molar-refractivity contribution in [1.29, 1.82) is 0 Å². The third-order valence-corrected chi connectivity index (χ3v) is 3.62. The Morgan fingerprint density at radius 1 is 0.815 bits per heavy atom. The van der Waals surface area contributed by atoms with Crippen LogP contribution in [-0.4, -0.2) is 44.2 Å². The SMILES string of the molecule is COc1cc(C(=O)NNC(=O)c2ccccc2C(=O)O)cc(OC)c1OC. The molecule has 9 nitrogen and oxygen atoms in total. The van der Waals surface area contributed by atoms with Gasteiger partial charge < -0.3 is 19.3 Å². The van der Waals surface area contributed by atoms with Gasteiger partial charge in [-0.1, -0.05) is 12.1 Å². The zero-order valence-corrected chi connectivity index (χ0v) is 14.9. The first kappa shape index (κ1) is 19.6. The Kier molecular flexibility index (Phi) is 6.21. The number of hydrazine groups is 1. The molecule has 0 spiro atoms. The van der Waals surface area contributed by atoms with E-state index in [1.165, 1.54) is 57.7 Å². The fourth-order valence-corrected chi connectivity index (χ4v) is 2.33. The number of hydrogen-bond donors (Lipinski definition) is 3. The number of carboxylic acids is 1. The first-order valence-electron chi connectivity index (χ1n) is 7.66. The smallest absolute Gasteiger partial charge is 0.336 e. The molecule has 27 heavy (non-hydrogen) atoms. The van der Waals surface area contributed by atoms with Gasteiger partial charge in [-0.25, -0.2) is 4.79 Å². The number of aromatic carboxylic acids is 1. The number of ether oxygens (including phenoxy) is 3.